The first-order valence-corrected chi connectivity index (χ1v) is 8.05. The molecule has 0 amide bonds. The lowest BCUT2D eigenvalue weighted by atomic mass is 10.3. The zero-order valence-electron chi connectivity index (χ0n) is 12.8. The maximum Gasteiger partial charge on any atom is 0.0275 e. The molecule has 2 rings (SSSR count). The molecule has 2 fully saturated rings. The van der Waals surface area contributed by atoms with E-state index in [1.54, 1.807) is 0 Å². The van der Waals surface area contributed by atoms with Crippen LogP contribution in [0.3, 0.4) is 0 Å². The normalized spacial score (nSPS) is 24.2. The average molecular weight is 269 g/mol. The van der Waals surface area contributed by atoms with E-state index in [0.29, 0.717) is 0 Å². The second-order valence-corrected chi connectivity index (χ2v) is 5.56. The fourth-order valence-corrected chi connectivity index (χ4v) is 3.10. The summed E-state index contributed by atoms with van der Waals surface area (Å²) in [6.07, 6.45) is 2.50. The van der Waals surface area contributed by atoms with Crippen molar-refractivity contribution in [3.63, 3.8) is 0 Å². The number of nitrogens with one attached hydrogen (secondary N) is 1. The Morgan fingerprint density at radius 2 is 1.32 bits per heavy atom. The van der Waals surface area contributed by atoms with Crippen molar-refractivity contribution in [2.24, 2.45) is 0 Å². The van der Waals surface area contributed by atoms with Crippen molar-refractivity contribution in [1.82, 2.24) is 25.4 Å². The minimum Gasteiger partial charge on any atom is -0.314 e. The Hall–Kier alpha value is -0.200. The van der Waals surface area contributed by atoms with Crippen molar-refractivity contribution in [2.75, 3.05) is 65.4 Å². The van der Waals surface area contributed by atoms with E-state index in [9.17, 15) is 0 Å². The van der Waals surface area contributed by atoms with E-state index in [2.05, 4.69) is 39.2 Å². The first-order chi connectivity index (χ1) is 9.35. The van der Waals surface area contributed by atoms with Crippen LogP contribution in [-0.4, -0.2) is 85.5 Å². The largest absolute Gasteiger partial charge is 0.314 e. The fraction of sp³-hybridized carbons (Fsp3) is 1.00. The van der Waals surface area contributed by atoms with Gasteiger partial charge in [-0.25, -0.2) is 20.0 Å². The quantitative estimate of drug-likeness (QED) is 0.755. The summed E-state index contributed by atoms with van der Waals surface area (Å²) in [5.41, 5.74) is 0. The van der Waals surface area contributed by atoms with Crippen LogP contribution in [0.2, 0.25) is 0 Å². The molecule has 2 saturated heterocycles. The highest BCUT2D eigenvalue weighted by atomic mass is 15.7. The molecule has 2 heterocycles. The maximum atomic E-state index is 3.43. The Labute approximate surface area is 118 Å². The van der Waals surface area contributed by atoms with Gasteiger partial charge in [-0.15, -0.1) is 0 Å². The molecule has 0 aromatic rings. The van der Waals surface area contributed by atoms with Gasteiger partial charge in [0.15, 0.2) is 0 Å². The van der Waals surface area contributed by atoms with Gasteiger partial charge < -0.3 is 5.32 Å². The molecule has 0 aromatic heterocycles. The van der Waals surface area contributed by atoms with Gasteiger partial charge in [-0.2, -0.15) is 0 Å². The van der Waals surface area contributed by atoms with Crippen LogP contribution in [0.4, 0.5) is 0 Å². The lowest BCUT2D eigenvalue weighted by Gasteiger charge is -2.45. The van der Waals surface area contributed by atoms with Crippen LogP contribution in [0.15, 0.2) is 0 Å². The molecule has 2 aliphatic rings. The summed E-state index contributed by atoms with van der Waals surface area (Å²) in [5, 5.41) is 13.7. The minimum absolute atomic E-state index is 1.14. The number of hydrogen-bond donors (Lipinski definition) is 1. The van der Waals surface area contributed by atoms with E-state index in [-0.39, 0.29) is 0 Å². The van der Waals surface area contributed by atoms with E-state index in [0.717, 1.165) is 13.1 Å². The van der Waals surface area contributed by atoms with Crippen LogP contribution in [0.1, 0.15) is 26.7 Å². The molecule has 0 aliphatic carbocycles. The number of nitrogens with zero attached hydrogens (tertiary/aromatic N) is 4. The van der Waals surface area contributed by atoms with Crippen LogP contribution >= 0.6 is 0 Å². The summed E-state index contributed by atoms with van der Waals surface area (Å²) < 4.78 is 0. The van der Waals surface area contributed by atoms with E-state index in [1.807, 2.05) is 0 Å². The Bertz CT molecular complexity index is 228. The highest BCUT2D eigenvalue weighted by molar-refractivity contribution is 4.73. The van der Waals surface area contributed by atoms with Crippen LogP contribution in [-0.2, 0) is 0 Å². The first-order valence-electron chi connectivity index (χ1n) is 8.05. The topological polar surface area (TPSA) is 25.0 Å². The molecule has 0 unspecified atom stereocenters. The summed E-state index contributed by atoms with van der Waals surface area (Å²) >= 11 is 0. The van der Waals surface area contributed by atoms with E-state index < -0.39 is 0 Å². The number of piperazine rings is 2. The van der Waals surface area contributed by atoms with E-state index in [1.165, 1.54) is 65.2 Å². The lowest BCUT2D eigenvalue weighted by molar-refractivity contribution is -0.118. The summed E-state index contributed by atoms with van der Waals surface area (Å²) in [6.45, 7) is 16.3. The van der Waals surface area contributed by atoms with Crippen LogP contribution in [0, 0.1) is 0 Å². The van der Waals surface area contributed by atoms with E-state index >= 15 is 0 Å². The summed E-state index contributed by atoms with van der Waals surface area (Å²) in [7, 11) is 0. The number of rotatable bonds is 6. The van der Waals surface area contributed by atoms with Gasteiger partial charge in [0.2, 0.25) is 0 Å². The highest BCUT2D eigenvalue weighted by Crippen LogP contribution is 2.10. The van der Waals surface area contributed by atoms with Crippen LogP contribution in [0.5, 0.6) is 0 Å². The molecular formula is C14H31N5. The Kier molecular flexibility index (Phi) is 6.53. The second-order valence-electron chi connectivity index (χ2n) is 5.56. The summed E-state index contributed by atoms with van der Waals surface area (Å²) in [6, 6.07) is 0. The van der Waals surface area contributed by atoms with Gasteiger partial charge in [-0.05, 0) is 12.8 Å². The van der Waals surface area contributed by atoms with Crippen molar-refractivity contribution in [3.05, 3.63) is 0 Å². The zero-order chi connectivity index (χ0) is 13.5. The molecular weight excluding hydrogens is 238 g/mol. The van der Waals surface area contributed by atoms with Gasteiger partial charge in [-0.3, -0.25) is 0 Å². The molecule has 0 bridgehead atoms. The monoisotopic (exact) mass is 269 g/mol. The van der Waals surface area contributed by atoms with Crippen LogP contribution in [0.25, 0.3) is 0 Å². The third kappa shape index (κ3) is 4.39. The van der Waals surface area contributed by atoms with Gasteiger partial charge in [-0.1, -0.05) is 13.8 Å². The third-order valence-electron chi connectivity index (χ3n) is 4.09. The Morgan fingerprint density at radius 3 is 1.84 bits per heavy atom. The standard InChI is InChI=1S/C14H31N5/c1-3-7-16(8-4-2)18-11-13-19(14-12-18)17-9-5-15-6-10-17/h15H,3-14H2,1-2H3. The second kappa shape index (κ2) is 8.17. The molecule has 0 aromatic carbocycles. The molecule has 5 nitrogen and oxygen atoms in total. The van der Waals surface area contributed by atoms with Gasteiger partial charge in [0.25, 0.3) is 0 Å². The van der Waals surface area contributed by atoms with Gasteiger partial charge in [0.1, 0.15) is 0 Å². The average Bonchev–Trinajstić information content (AvgIpc) is 2.48. The van der Waals surface area contributed by atoms with Crippen molar-refractivity contribution in [3.8, 4) is 0 Å². The SMILES string of the molecule is CCCN(CCC)N1CCN(N2CCNCC2)CC1. The molecule has 0 radical (unpaired) electrons. The van der Waals surface area contributed by atoms with Crippen molar-refractivity contribution >= 4 is 0 Å². The molecule has 0 spiro atoms. The van der Waals surface area contributed by atoms with Gasteiger partial charge in [0, 0.05) is 65.4 Å². The summed E-state index contributed by atoms with van der Waals surface area (Å²) in [5.74, 6) is 0. The van der Waals surface area contributed by atoms with Crippen molar-refractivity contribution in [1.29, 1.82) is 0 Å². The predicted octanol–water partition coefficient (Wildman–Crippen LogP) is 0.461. The minimum atomic E-state index is 1.14. The summed E-state index contributed by atoms with van der Waals surface area (Å²) in [4.78, 5) is 0. The van der Waals surface area contributed by atoms with E-state index in [4.69, 9.17) is 0 Å². The molecule has 5 heteroatoms. The van der Waals surface area contributed by atoms with Gasteiger partial charge >= 0.3 is 0 Å². The van der Waals surface area contributed by atoms with Crippen molar-refractivity contribution < 1.29 is 0 Å². The highest BCUT2D eigenvalue weighted by Gasteiger charge is 2.25. The zero-order valence-corrected chi connectivity index (χ0v) is 12.8. The maximum absolute atomic E-state index is 3.43. The Morgan fingerprint density at radius 1 is 0.789 bits per heavy atom. The predicted molar refractivity (Wildman–Crippen MR) is 79.7 cm³/mol. The smallest absolute Gasteiger partial charge is 0.0275 e. The molecule has 0 saturated carbocycles. The van der Waals surface area contributed by atoms with Gasteiger partial charge in [0.05, 0.1) is 0 Å². The number of hydrazine groups is 2. The third-order valence-corrected chi connectivity index (χ3v) is 4.09. The molecule has 112 valence electrons. The first kappa shape index (κ1) is 15.2. The van der Waals surface area contributed by atoms with Crippen molar-refractivity contribution in [2.45, 2.75) is 26.7 Å². The molecule has 19 heavy (non-hydrogen) atoms. The molecule has 1 N–H and O–H groups in total. The number of hydrogen-bond acceptors (Lipinski definition) is 5. The molecule has 0 atom stereocenters. The molecule has 2 aliphatic heterocycles. The van der Waals surface area contributed by atoms with Crippen LogP contribution < -0.4 is 5.32 Å². The lowest BCUT2D eigenvalue weighted by Crippen LogP contribution is -2.60. The fourth-order valence-electron chi connectivity index (χ4n) is 3.10. The Balaban J connectivity index is 1.76.